The van der Waals surface area contributed by atoms with E-state index in [4.69, 9.17) is 9.47 Å². The zero-order chi connectivity index (χ0) is 46.0. The van der Waals surface area contributed by atoms with Crippen molar-refractivity contribution in [2.75, 3.05) is 39.6 Å². The standard InChI is InChI=1S/C45H82O15P2/c1-3-5-7-9-11-13-15-17-19-21-23-25-27-29-31-33-44(49)55-35-41(46)37-57-61(51,52)59-39-43(48)40-60-62(53,54)58-38-42(47)36-56-45(50)34-32-30-28-26-24-22-20-18-16-14-12-10-8-6-4-2/h11-18,41-43,46-48H,3-10,19-40H2,1-2H3,(H,51,52)(H,53,54)/b13-11+,14-12+,17-15+,18-16+. The number of carbonyl (C=O) groups is 2. The van der Waals surface area contributed by atoms with E-state index >= 15 is 0 Å². The number of hydrogen-bond acceptors (Lipinski definition) is 13. The summed E-state index contributed by atoms with van der Waals surface area (Å²) in [6.07, 6.45) is 36.7. The Balaban J connectivity index is 3.93. The number of aliphatic hydroxyl groups excluding tert-OH is 3. The van der Waals surface area contributed by atoms with Crippen LogP contribution in [-0.4, -0.2) is 95.0 Å². The number of phosphoric ester groups is 2. The minimum Gasteiger partial charge on any atom is -0.463 e. The van der Waals surface area contributed by atoms with Crippen molar-refractivity contribution in [2.45, 2.75) is 186 Å². The summed E-state index contributed by atoms with van der Waals surface area (Å²) in [5.74, 6) is -1.02. The first kappa shape index (κ1) is 60.0. The number of rotatable bonds is 44. The van der Waals surface area contributed by atoms with Crippen molar-refractivity contribution in [2.24, 2.45) is 0 Å². The summed E-state index contributed by atoms with van der Waals surface area (Å²) in [7, 11) is -9.57. The number of phosphoric acid groups is 2. The van der Waals surface area contributed by atoms with Crippen LogP contribution in [-0.2, 0) is 46.3 Å². The highest BCUT2D eigenvalue weighted by molar-refractivity contribution is 7.47. The Kier molecular flexibility index (Phi) is 40.3. The normalized spacial score (nSPS) is 15.7. The third kappa shape index (κ3) is 43.3. The van der Waals surface area contributed by atoms with E-state index < -0.39 is 85.5 Å². The zero-order valence-electron chi connectivity index (χ0n) is 37.8. The molecule has 0 radical (unpaired) electrons. The van der Waals surface area contributed by atoms with Gasteiger partial charge >= 0.3 is 27.6 Å². The van der Waals surface area contributed by atoms with Crippen LogP contribution in [0.3, 0.4) is 0 Å². The maximum atomic E-state index is 12.1. The third-order valence-electron chi connectivity index (χ3n) is 9.31. The number of aliphatic hydroxyl groups is 3. The van der Waals surface area contributed by atoms with Crippen LogP contribution in [0.15, 0.2) is 48.6 Å². The van der Waals surface area contributed by atoms with E-state index in [1.807, 2.05) is 0 Å². The molecule has 0 amide bonds. The van der Waals surface area contributed by atoms with E-state index in [2.05, 4.69) is 80.6 Å². The van der Waals surface area contributed by atoms with Crippen molar-refractivity contribution in [1.82, 2.24) is 0 Å². The predicted molar refractivity (Wildman–Crippen MR) is 242 cm³/mol. The molecule has 0 aliphatic rings. The van der Waals surface area contributed by atoms with Gasteiger partial charge in [0.1, 0.15) is 31.5 Å². The molecule has 0 spiro atoms. The number of hydrogen-bond donors (Lipinski definition) is 5. The van der Waals surface area contributed by atoms with Crippen LogP contribution in [0.1, 0.15) is 168 Å². The van der Waals surface area contributed by atoms with Gasteiger partial charge in [-0.1, -0.05) is 140 Å². The predicted octanol–water partition coefficient (Wildman–Crippen LogP) is 10.0. The van der Waals surface area contributed by atoms with Gasteiger partial charge in [-0.25, -0.2) is 9.13 Å². The monoisotopic (exact) mass is 925 g/mol. The van der Waals surface area contributed by atoms with E-state index in [0.29, 0.717) is 12.8 Å². The first-order valence-electron chi connectivity index (χ1n) is 23.0. The summed E-state index contributed by atoms with van der Waals surface area (Å²) >= 11 is 0. The molecule has 0 aromatic carbocycles. The van der Waals surface area contributed by atoms with E-state index in [-0.39, 0.29) is 12.8 Å². The van der Waals surface area contributed by atoms with Crippen LogP contribution in [0.5, 0.6) is 0 Å². The molecule has 0 bridgehead atoms. The number of esters is 2. The van der Waals surface area contributed by atoms with Crippen LogP contribution < -0.4 is 0 Å². The first-order chi connectivity index (χ1) is 29.8. The Hall–Kier alpha value is -2.00. The zero-order valence-corrected chi connectivity index (χ0v) is 39.6. The number of allylic oxidation sites excluding steroid dienone is 8. The topological polar surface area (TPSA) is 225 Å². The molecule has 0 saturated carbocycles. The number of ether oxygens (including phenoxy) is 2. The highest BCUT2D eigenvalue weighted by Crippen LogP contribution is 2.45. The minimum atomic E-state index is -4.79. The van der Waals surface area contributed by atoms with Crippen LogP contribution in [0, 0.1) is 0 Å². The minimum absolute atomic E-state index is 0.182. The molecule has 0 rings (SSSR count). The molecule has 0 heterocycles. The Morgan fingerprint density at radius 3 is 0.984 bits per heavy atom. The van der Waals surface area contributed by atoms with Gasteiger partial charge in [0, 0.05) is 12.8 Å². The largest absolute Gasteiger partial charge is 0.472 e. The first-order valence-corrected chi connectivity index (χ1v) is 26.0. The number of unbranched alkanes of at least 4 members (excludes halogenated alkanes) is 18. The van der Waals surface area contributed by atoms with Crippen LogP contribution in [0.2, 0.25) is 0 Å². The van der Waals surface area contributed by atoms with Crippen molar-refractivity contribution < 1.29 is 71.4 Å². The summed E-state index contributed by atoms with van der Waals surface area (Å²) in [6.45, 7) is 0.321. The lowest BCUT2D eigenvalue weighted by Gasteiger charge is -2.19. The van der Waals surface area contributed by atoms with Gasteiger partial charge in [-0.15, -0.1) is 0 Å². The third-order valence-corrected chi connectivity index (χ3v) is 11.2. The Morgan fingerprint density at radius 2 is 0.677 bits per heavy atom. The molecule has 0 saturated heterocycles. The van der Waals surface area contributed by atoms with E-state index in [1.54, 1.807) is 0 Å². The summed E-state index contributed by atoms with van der Waals surface area (Å²) in [4.78, 5) is 43.7. The second-order valence-electron chi connectivity index (χ2n) is 15.5. The van der Waals surface area contributed by atoms with Gasteiger partial charge in [0.05, 0.1) is 26.4 Å². The molecule has 17 heteroatoms. The van der Waals surface area contributed by atoms with Crippen LogP contribution >= 0.6 is 15.6 Å². The lowest BCUT2D eigenvalue weighted by Crippen LogP contribution is -2.25. The van der Waals surface area contributed by atoms with E-state index in [1.165, 1.54) is 38.5 Å². The van der Waals surface area contributed by atoms with Gasteiger partial charge < -0.3 is 34.6 Å². The lowest BCUT2D eigenvalue weighted by atomic mass is 10.1. The fourth-order valence-corrected chi connectivity index (χ4v) is 7.25. The van der Waals surface area contributed by atoms with Gasteiger partial charge in [-0.3, -0.25) is 27.7 Å². The van der Waals surface area contributed by atoms with Crippen LogP contribution in [0.25, 0.3) is 0 Å². The van der Waals surface area contributed by atoms with E-state index in [9.17, 15) is 43.8 Å². The molecule has 15 nitrogen and oxygen atoms in total. The highest BCUT2D eigenvalue weighted by atomic mass is 31.2. The fourth-order valence-electron chi connectivity index (χ4n) is 5.66. The lowest BCUT2D eigenvalue weighted by molar-refractivity contribution is -0.148. The summed E-state index contributed by atoms with van der Waals surface area (Å²) in [6, 6.07) is 0. The molecular weight excluding hydrogens is 842 g/mol. The molecule has 0 aliphatic carbocycles. The molecule has 62 heavy (non-hydrogen) atoms. The van der Waals surface area contributed by atoms with Gasteiger partial charge in [0.25, 0.3) is 0 Å². The fraction of sp³-hybridized carbons (Fsp3) is 0.778. The van der Waals surface area contributed by atoms with Crippen molar-refractivity contribution >= 4 is 27.6 Å². The molecule has 4 unspecified atom stereocenters. The SMILES string of the molecule is CCCCC/C=C/C=C/CCCCCCCCC(=O)OCC(O)COP(=O)(O)OCC(O)COP(=O)(O)OCC(O)COC(=O)CCCCCCCC/C=C/C=C/CCCCC. The smallest absolute Gasteiger partial charge is 0.463 e. The van der Waals surface area contributed by atoms with Gasteiger partial charge in [0.15, 0.2) is 0 Å². The Morgan fingerprint density at radius 1 is 0.419 bits per heavy atom. The quantitative estimate of drug-likeness (QED) is 0.0166. The molecule has 0 aliphatic heterocycles. The molecule has 5 N–H and O–H groups in total. The maximum absolute atomic E-state index is 12.1. The van der Waals surface area contributed by atoms with Gasteiger partial charge in [0.2, 0.25) is 0 Å². The molecular formula is C45H82O15P2. The van der Waals surface area contributed by atoms with Crippen molar-refractivity contribution in [1.29, 1.82) is 0 Å². The van der Waals surface area contributed by atoms with Crippen molar-refractivity contribution in [3.63, 3.8) is 0 Å². The molecule has 4 atom stereocenters. The Bertz CT molecular complexity index is 1210. The van der Waals surface area contributed by atoms with Gasteiger partial charge in [-0.2, -0.15) is 0 Å². The summed E-state index contributed by atoms with van der Waals surface area (Å²) in [5.41, 5.74) is 0. The van der Waals surface area contributed by atoms with Crippen molar-refractivity contribution in [3.8, 4) is 0 Å². The average molecular weight is 925 g/mol. The highest BCUT2D eigenvalue weighted by Gasteiger charge is 2.28. The Labute approximate surface area is 372 Å². The molecule has 0 aromatic rings. The van der Waals surface area contributed by atoms with Gasteiger partial charge in [-0.05, 0) is 64.2 Å². The number of carbonyl (C=O) groups excluding carboxylic acids is 2. The van der Waals surface area contributed by atoms with Crippen LogP contribution in [0.4, 0.5) is 0 Å². The maximum Gasteiger partial charge on any atom is 0.472 e. The summed E-state index contributed by atoms with van der Waals surface area (Å²) < 4.78 is 52.9. The molecule has 0 fully saturated rings. The van der Waals surface area contributed by atoms with E-state index in [0.717, 1.165) is 89.9 Å². The second kappa shape index (κ2) is 41.7. The average Bonchev–Trinajstić information content (AvgIpc) is 3.24. The molecule has 362 valence electrons. The molecule has 0 aromatic heterocycles. The van der Waals surface area contributed by atoms with Crippen molar-refractivity contribution in [3.05, 3.63) is 48.6 Å². The summed E-state index contributed by atoms with van der Waals surface area (Å²) in [5, 5.41) is 30.0. The second-order valence-corrected chi connectivity index (χ2v) is 18.4.